The second kappa shape index (κ2) is 4.12. The Bertz CT molecular complexity index is 283. The topological polar surface area (TPSA) is 46.6 Å². The molecule has 0 aromatic heterocycles. The van der Waals surface area contributed by atoms with Gasteiger partial charge in [0.25, 0.3) is 0 Å². The SMILES string of the molecule is CC(C)[C@H]1COC(=O)N1C(=O)C(C)(C)Br. The summed E-state index contributed by atoms with van der Waals surface area (Å²) in [5.41, 5.74) is 0. The van der Waals surface area contributed by atoms with E-state index < -0.39 is 10.4 Å². The fourth-order valence-electron chi connectivity index (χ4n) is 1.45. The molecule has 0 aromatic rings. The van der Waals surface area contributed by atoms with E-state index in [1.807, 2.05) is 13.8 Å². The molecule has 1 saturated heterocycles. The third-order valence-corrected chi connectivity index (χ3v) is 2.74. The highest BCUT2D eigenvalue weighted by atomic mass is 79.9. The second-order valence-corrected chi connectivity index (χ2v) is 6.52. The van der Waals surface area contributed by atoms with Crippen molar-refractivity contribution in [2.45, 2.75) is 38.1 Å². The number of ether oxygens (including phenoxy) is 1. The number of halogens is 1. The first kappa shape index (κ1) is 12.5. The molecule has 1 aliphatic rings. The van der Waals surface area contributed by atoms with Crippen LogP contribution in [0.1, 0.15) is 27.7 Å². The minimum Gasteiger partial charge on any atom is -0.447 e. The molecule has 0 aliphatic carbocycles. The van der Waals surface area contributed by atoms with Gasteiger partial charge >= 0.3 is 6.09 Å². The van der Waals surface area contributed by atoms with Crippen LogP contribution in [0.4, 0.5) is 4.79 Å². The first-order valence-electron chi connectivity index (χ1n) is 4.94. The van der Waals surface area contributed by atoms with E-state index >= 15 is 0 Å². The Labute approximate surface area is 98.1 Å². The van der Waals surface area contributed by atoms with E-state index in [2.05, 4.69) is 15.9 Å². The summed E-state index contributed by atoms with van der Waals surface area (Å²) in [6.07, 6.45) is -0.536. The van der Waals surface area contributed by atoms with E-state index in [1.54, 1.807) is 13.8 Å². The summed E-state index contributed by atoms with van der Waals surface area (Å²) in [4.78, 5) is 24.6. The summed E-state index contributed by atoms with van der Waals surface area (Å²) in [5.74, 6) is -0.0426. The number of nitrogens with zero attached hydrogens (tertiary/aromatic N) is 1. The van der Waals surface area contributed by atoms with E-state index in [1.165, 1.54) is 4.90 Å². The van der Waals surface area contributed by atoms with Gasteiger partial charge < -0.3 is 4.74 Å². The molecular formula is C10H16BrNO3. The number of amides is 2. The van der Waals surface area contributed by atoms with Crippen molar-refractivity contribution in [3.05, 3.63) is 0 Å². The largest absolute Gasteiger partial charge is 0.447 e. The predicted octanol–water partition coefficient (Wildman–Crippen LogP) is 2.16. The molecule has 1 rings (SSSR count). The highest BCUT2D eigenvalue weighted by Gasteiger charge is 2.44. The molecule has 5 heteroatoms. The lowest BCUT2D eigenvalue weighted by Crippen LogP contribution is -2.48. The first-order valence-corrected chi connectivity index (χ1v) is 5.73. The summed E-state index contributed by atoms with van der Waals surface area (Å²) in [6.45, 7) is 7.67. The number of carbonyl (C=O) groups is 2. The Hall–Kier alpha value is -0.580. The van der Waals surface area contributed by atoms with E-state index in [0.29, 0.717) is 6.61 Å². The lowest BCUT2D eigenvalue weighted by molar-refractivity contribution is -0.131. The van der Waals surface area contributed by atoms with Crippen molar-refractivity contribution < 1.29 is 14.3 Å². The molecule has 1 fully saturated rings. The average Bonchev–Trinajstić information content (AvgIpc) is 2.44. The van der Waals surface area contributed by atoms with Crippen LogP contribution >= 0.6 is 15.9 Å². The molecule has 0 saturated carbocycles. The van der Waals surface area contributed by atoms with Gasteiger partial charge in [0.1, 0.15) is 6.61 Å². The van der Waals surface area contributed by atoms with Crippen molar-refractivity contribution in [2.75, 3.05) is 6.61 Å². The smallest absolute Gasteiger partial charge is 0.417 e. The Kier molecular flexibility index (Phi) is 3.43. The van der Waals surface area contributed by atoms with Gasteiger partial charge in [-0.2, -0.15) is 0 Å². The Morgan fingerprint density at radius 1 is 1.60 bits per heavy atom. The molecule has 0 unspecified atom stereocenters. The standard InChI is InChI=1S/C10H16BrNO3/c1-6(2)7-5-15-9(14)12(7)8(13)10(3,4)11/h6-7H,5H2,1-4H3/t7-/m1/s1. The Morgan fingerprint density at radius 3 is 2.53 bits per heavy atom. The summed E-state index contributed by atoms with van der Waals surface area (Å²) in [5, 5.41) is 0. The number of rotatable bonds is 2. The van der Waals surface area contributed by atoms with Crippen LogP contribution in [0.3, 0.4) is 0 Å². The van der Waals surface area contributed by atoms with E-state index in [-0.39, 0.29) is 17.9 Å². The Morgan fingerprint density at radius 2 is 2.13 bits per heavy atom. The summed E-state index contributed by atoms with van der Waals surface area (Å²) in [6, 6.07) is -0.151. The quantitative estimate of drug-likeness (QED) is 0.727. The molecule has 0 N–H and O–H groups in total. The van der Waals surface area contributed by atoms with Gasteiger partial charge in [0, 0.05) is 0 Å². The fourth-order valence-corrected chi connectivity index (χ4v) is 1.64. The van der Waals surface area contributed by atoms with Crippen molar-refractivity contribution in [3.63, 3.8) is 0 Å². The van der Waals surface area contributed by atoms with Crippen molar-refractivity contribution >= 4 is 27.9 Å². The van der Waals surface area contributed by atoms with Crippen LogP contribution in [0.5, 0.6) is 0 Å². The van der Waals surface area contributed by atoms with E-state index in [4.69, 9.17) is 4.74 Å². The molecule has 0 spiro atoms. The molecule has 1 heterocycles. The van der Waals surface area contributed by atoms with Gasteiger partial charge in [-0.1, -0.05) is 29.8 Å². The highest BCUT2D eigenvalue weighted by Crippen LogP contribution is 2.26. The molecule has 4 nitrogen and oxygen atoms in total. The van der Waals surface area contributed by atoms with Crippen LogP contribution in [0.15, 0.2) is 0 Å². The van der Waals surface area contributed by atoms with Crippen LogP contribution in [-0.2, 0) is 9.53 Å². The van der Waals surface area contributed by atoms with Crippen molar-refractivity contribution in [3.8, 4) is 0 Å². The molecule has 0 bridgehead atoms. The molecule has 1 atom stereocenters. The molecule has 1 aliphatic heterocycles. The number of imide groups is 1. The maximum atomic E-state index is 12.0. The number of cyclic esters (lactones) is 1. The van der Waals surface area contributed by atoms with Gasteiger partial charge in [-0.25, -0.2) is 9.69 Å². The van der Waals surface area contributed by atoms with Crippen molar-refractivity contribution in [2.24, 2.45) is 5.92 Å². The highest BCUT2D eigenvalue weighted by molar-refractivity contribution is 9.10. The first-order chi connectivity index (χ1) is 6.75. The second-order valence-electron chi connectivity index (χ2n) is 4.54. The van der Waals surface area contributed by atoms with Crippen LogP contribution in [-0.4, -0.2) is 33.9 Å². The maximum Gasteiger partial charge on any atom is 0.417 e. The van der Waals surface area contributed by atoms with Crippen molar-refractivity contribution in [1.82, 2.24) is 4.90 Å². The normalized spacial score (nSPS) is 22.1. The summed E-state index contributed by atoms with van der Waals surface area (Å²) < 4.78 is 4.17. The molecule has 15 heavy (non-hydrogen) atoms. The van der Waals surface area contributed by atoms with E-state index in [9.17, 15) is 9.59 Å². The number of alkyl halides is 1. The van der Waals surface area contributed by atoms with Crippen LogP contribution in [0.25, 0.3) is 0 Å². The zero-order valence-electron chi connectivity index (χ0n) is 9.41. The third-order valence-electron chi connectivity index (χ3n) is 2.40. The van der Waals surface area contributed by atoms with Crippen molar-refractivity contribution in [1.29, 1.82) is 0 Å². The Balaban J connectivity index is 2.91. The average molecular weight is 278 g/mol. The van der Waals surface area contributed by atoms with Gasteiger partial charge in [0.15, 0.2) is 0 Å². The number of hydrogen-bond donors (Lipinski definition) is 0. The van der Waals surface area contributed by atoms with Gasteiger partial charge in [-0.15, -0.1) is 0 Å². The van der Waals surface area contributed by atoms with Crippen LogP contribution < -0.4 is 0 Å². The predicted molar refractivity (Wildman–Crippen MR) is 59.8 cm³/mol. The number of carbonyl (C=O) groups excluding carboxylic acids is 2. The maximum absolute atomic E-state index is 12.0. The van der Waals surface area contributed by atoms with Gasteiger partial charge in [0.2, 0.25) is 5.91 Å². The number of hydrogen-bond acceptors (Lipinski definition) is 3. The summed E-state index contributed by atoms with van der Waals surface area (Å²) in [7, 11) is 0. The fraction of sp³-hybridized carbons (Fsp3) is 0.800. The van der Waals surface area contributed by atoms with E-state index in [0.717, 1.165) is 0 Å². The third kappa shape index (κ3) is 2.51. The minimum absolute atomic E-state index is 0.151. The van der Waals surface area contributed by atoms with Gasteiger partial charge in [0.05, 0.1) is 10.4 Å². The zero-order valence-corrected chi connectivity index (χ0v) is 11.0. The molecule has 0 radical (unpaired) electrons. The molecule has 2 amide bonds. The van der Waals surface area contributed by atoms with Crippen LogP contribution in [0, 0.1) is 5.92 Å². The van der Waals surface area contributed by atoms with Gasteiger partial charge in [-0.05, 0) is 19.8 Å². The van der Waals surface area contributed by atoms with Gasteiger partial charge in [-0.3, -0.25) is 4.79 Å². The zero-order chi connectivity index (χ0) is 11.8. The summed E-state index contributed by atoms with van der Waals surface area (Å²) >= 11 is 3.26. The lowest BCUT2D eigenvalue weighted by Gasteiger charge is -2.27. The monoisotopic (exact) mass is 277 g/mol. The lowest BCUT2D eigenvalue weighted by atomic mass is 10.0. The molecular weight excluding hydrogens is 262 g/mol. The molecule has 0 aromatic carbocycles. The van der Waals surface area contributed by atoms with Crippen LogP contribution in [0.2, 0.25) is 0 Å². The molecule has 86 valence electrons. The minimum atomic E-state index is -0.733.